The molecule has 2 aromatic rings. The molecule has 0 saturated heterocycles. The second kappa shape index (κ2) is 5.96. The van der Waals surface area contributed by atoms with Gasteiger partial charge >= 0.3 is 0 Å². The highest BCUT2D eigenvalue weighted by molar-refractivity contribution is 5.30. The Kier molecular flexibility index (Phi) is 4.29. The van der Waals surface area contributed by atoms with Gasteiger partial charge in [-0.05, 0) is 36.8 Å². The molecule has 0 radical (unpaired) electrons. The zero-order valence-electron chi connectivity index (χ0n) is 10.7. The fourth-order valence-corrected chi connectivity index (χ4v) is 1.69. The molecule has 0 aromatic heterocycles. The highest BCUT2D eigenvalue weighted by atomic mass is 19.1. The van der Waals surface area contributed by atoms with Crippen LogP contribution in [0.5, 0.6) is 5.75 Å². The molecule has 1 N–H and O–H groups in total. The van der Waals surface area contributed by atoms with Gasteiger partial charge in [0.1, 0.15) is 18.2 Å². The van der Waals surface area contributed by atoms with Crippen LogP contribution in [-0.4, -0.2) is 5.11 Å². The first-order valence-electron chi connectivity index (χ1n) is 6.01. The highest BCUT2D eigenvalue weighted by Gasteiger charge is 2.10. The van der Waals surface area contributed by atoms with Gasteiger partial charge < -0.3 is 9.84 Å². The van der Waals surface area contributed by atoms with Gasteiger partial charge in [-0.3, -0.25) is 0 Å². The van der Waals surface area contributed by atoms with Gasteiger partial charge in [0.2, 0.25) is 0 Å². The second-order valence-corrected chi connectivity index (χ2v) is 4.39. The third-order valence-electron chi connectivity index (χ3n) is 2.84. The molecular weight excluding hydrogens is 269 g/mol. The topological polar surface area (TPSA) is 29.5 Å². The third-order valence-corrected chi connectivity index (χ3v) is 2.84. The van der Waals surface area contributed by atoms with Crippen molar-refractivity contribution in [2.45, 2.75) is 19.6 Å². The van der Waals surface area contributed by atoms with Crippen LogP contribution in [-0.2, 0) is 6.61 Å². The van der Waals surface area contributed by atoms with Crippen molar-refractivity contribution in [3.8, 4) is 5.75 Å². The van der Waals surface area contributed by atoms with Crippen molar-refractivity contribution in [1.82, 2.24) is 0 Å². The van der Waals surface area contributed by atoms with Crippen LogP contribution >= 0.6 is 0 Å². The van der Waals surface area contributed by atoms with Crippen molar-refractivity contribution in [2.24, 2.45) is 0 Å². The maximum Gasteiger partial charge on any atom is 0.165 e. The first kappa shape index (κ1) is 14.4. The summed E-state index contributed by atoms with van der Waals surface area (Å²) >= 11 is 0. The Morgan fingerprint density at radius 2 is 1.80 bits per heavy atom. The summed E-state index contributed by atoms with van der Waals surface area (Å²) in [7, 11) is 0. The zero-order valence-corrected chi connectivity index (χ0v) is 10.7. The van der Waals surface area contributed by atoms with Crippen LogP contribution in [0.4, 0.5) is 13.2 Å². The monoisotopic (exact) mass is 282 g/mol. The predicted octanol–water partition coefficient (Wildman–Crippen LogP) is 3.74. The molecule has 0 spiro atoms. The summed E-state index contributed by atoms with van der Waals surface area (Å²) < 4.78 is 45.0. The molecule has 20 heavy (non-hydrogen) atoms. The van der Waals surface area contributed by atoms with Crippen molar-refractivity contribution < 1.29 is 23.0 Å². The molecule has 106 valence electrons. The standard InChI is InChI=1S/C15H13F3O2/c1-9(19)10-3-5-15(14(18)6-10)20-8-11-2-4-12(16)7-13(11)17/h2-7,9,19H,8H2,1H3/t9-/m1/s1. The molecule has 0 bridgehead atoms. The quantitative estimate of drug-likeness (QED) is 0.925. The Morgan fingerprint density at radius 3 is 2.40 bits per heavy atom. The molecule has 0 saturated carbocycles. The van der Waals surface area contributed by atoms with E-state index in [0.29, 0.717) is 5.56 Å². The molecule has 0 aliphatic heterocycles. The van der Waals surface area contributed by atoms with E-state index in [0.717, 1.165) is 18.2 Å². The van der Waals surface area contributed by atoms with E-state index in [1.54, 1.807) is 0 Å². The number of hydrogen-bond donors (Lipinski definition) is 1. The van der Waals surface area contributed by atoms with Crippen LogP contribution in [0.1, 0.15) is 24.2 Å². The van der Waals surface area contributed by atoms with E-state index >= 15 is 0 Å². The molecule has 0 aliphatic carbocycles. The number of halogens is 3. The number of aliphatic hydroxyl groups is 1. The summed E-state index contributed by atoms with van der Waals surface area (Å²) in [4.78, 5) is 0. The van der Waals surface area contributed by atoms with E-state index in [4.69, 9.17) is 4.74 Å². The smallest absolute Gasteiger partial charge is 0.165 e. The molecule has 2 aromatic carbocycles. The van der Waals surface area contributed by atoms with Crippen LogP contribution < -0.4 is 4.74 Å². The van der Waals surface area contributed by atoms with Crippen LogP contribution in [0.3, 0.4) is 0 Å². The summed E-state index contributed by atoms with van der Waals surface area (Å²) in [6, 6.07) is 7.12. The summed E-state index contributed by atoms with van der Waals surface area (Å²) in [5.41, 5.74) is 0.549. The van der Waals surface area contributed by atoms with Gasteiger partial charge in [-0.25, -0.2) is 13.2 Å². The second-order valence-electron chi connectivity index (χ2n) is 4.39. The highest BCUT2D eigenvalue weighted by Crippen LogP contribution is 2.23. The lowest BCUT2D eigenvalue weighted by Crippen LogP contribution is -2.01. The van der Waals surface area contributed by atoms with Gasteiger partial charge in [0.05, 0.1) is 6.10 Å². The first-order valence-corrected chi connectivity index (χ1v) is 6.01. The molecule has 0 unspecified atom stereocenters. The van der Waals surface area contributed by atoms with Crippen LogP contribution in [0.15, 0.2) is 36.4 Å². The lowest BCUT2D eigenvalue weighted by atomic mass is 10.1. The van der Waals surface area contributed by atoms with Crippen molar-refractivity contribution in [1.29, 1.82) is 0 Å². The van der Waals surface area contributed by atoms with E-state index in [1.165, 1.54) is 25.1 Å². The maximum atomic E-state index is 13.7. The van der Waals surface area contributed by atoms with Gasteiger partial charge in [-0.2, -0.15) is 0 Å². The van der Waals surface area contributed by atoms with E-state index in [9.17, 15) is 18.3 Å². The van der Waals surface area contributed by atoms with Crippen molar-refractivity contribution >= 4 is 0 Å². The Labute approximate surface area is 114 Å². The predicted molar refractivity (Wildman–Crippen MR) is 67.7 cm³/mol. The maximum absolute atomic E-state index is 13.7. The SMILES string of the molecule is C[C@@H](O)c1ccc(OCc2ccc(F)cc2F)c(F)c1. The number of benzene rings is 2. The lowest BCUT2D eigenvalue weighted by molar-refractivity contribution is 0.198. The fourth-order valence-electron chi connectivity index (χ4n) is 1.69. The Morgan fingerprint density at radius 1 is 1.05 bits per heavy atom. The van der Waals surface area contributed by atoms with E-state index < -0.39 is 23.6 Å². The third kappa shape index (κ3) is 3.30. The van der Waals surface area contributed by atoms with Gasteiger partial charge in [-0.1, -0.05) is 6.07 Å². The normalized spacial score (nSPS) is 12.2. The number of aliphatic hydroxyl groups excluding tert-OH is 1. The lowest BCUT2D eigenvalue weighted by Gasteiger charge is -2.10. The van der Waals surface area contributed by atoms with E-state index in [1.807, 2.05) is 0 Å². The van der Waals surface area contributed by atoms with Crippen LogP contribution in [0, 0.1) is 17.5 Å². The largest absolute Gasteiger partial charge is 0.486 e. The fraction of sp³-hybridized carbons (Fsp3) is 0.200. The summed E-state index contributed by atoms with van der Waals surface area (Å²) in [5, 5.41) is 9.32. The van der Waals surface area contributed by atoms with Crippen molar-refractivity contribution in [3.63, 3.8) is 0 Å². The molecule has 0 amide bonds. The average Bonchev–Trinajstić information content (AvgIpc) is 2.38. The van der Waals surface area contributed by atoms with Crippen molar-refractivity contribution in [3.05, 3.63) is 65.0 Å². The molecule has 0 heterocycles. The minimum atomic E-state index is -0.784. The summed E-state index contributed by atoms with van der Waals surface area (Å²) in [6.45, 7) is 1.31. The van der Waals surface area contributed by atoms with E-state index in [-0.39, 0.29) is 17.9 Å². The minimum absolute atomic E-state index is 0.0573. The molecule has 2 rings (SSSR count). The van der Waals surface area contributed by atoms with Crippen molar-refractivity contribution in [2.75, 3.05) is 0 Å². The zero-order chi connectivity index (χ0) is 14.7. The molecule has 5 heteroatoms. The van der Waals surface area contributed by atoms with Crippen LogP contribution in [0.25, 0.3) is 0 Å². The number of ether oxygens (including phenoxy) is 1. The Bertz CT molecular complexity index is 612. The first-order chi connectivity index (χ1) is 9.47. The average molecular weight is 282 g/mol. The summed E-state index contributed by atoms with van der Waals surface area (Å²) in [5.74, 6) is -2.13. The van der Waals surface area contributed by atoms with E-state index in [2.05, 4.69) is 0 Å². The number of rotatable bonds is 4. The molecule has 1 atom stereocenters. The minimum Gasteiger partial charge on any atom is -0.486 e. The van der Waals surface area contributed by atoms with Gasteiger partial charge in [0.15, 0.2) is 11.6 Å². The molecule has 0 aliphatic rings. The molecule has 2 nitrogen and oxygen atoms in total. The van der Waals surface area contributed by atoms with Gasteiger partial charge in [0, 0.05) is 11.6 Å². The summed E-state index contributed by atoms with van der Waals surface area (Å²) in [6.07, 6.45) is -0.784. The van der Waals surface area contributed by atoms with Crippen LogP contribution in [0.2, 0.25) is 0 Å². The number of hydrogen-bond acceptors (Lipinski definition) is 2. The van der Waals surface area contributed by atoms with Gasteiger partial charge in [-0.15, -0.1) is 0 Å². The molecule has 0 fully saturated rings. The Balaban J connectivity index is 2.11. The Hall–Kier alpha value is -2.01. The van der Waals surface area contributed by atoms with Gasteiger partial charge in [0.25, 0.3) is 0 Å². The molecular formula is C15H13F3O2.